The Balaban J connectivity index is 2.24. The molecule has 14 heavy (non-hydrogen) atoms. The maximum atomic E-state index is 11.7. The van der Waals surface area contributed by atoms with Crippen LogP contribution < -0.4 is 5.32 Å². The van der Waals surface area contributed by atoms with Gasteiger partial charge in [-0.1, -0.05) is 6.92 Å². The number of rotatable bonds is 2. The molecule has 1 N–H and O–H groups in total. The van der Waals surface area contributed by atoms with Crippen LogP contribution in [0.4, 0.5) is 0 Å². The Morgan fingerprint density at radius 1 is 1.64 bits per heavy atom. The van der Waals surface area contributed by atoms with Crippen molar-refractivity contribution in [3.05, 3.63) is 21.9 Å². The average Bonchev–Trinajstić information content (AvgIpc) is 2.66. The van der Waals surface area contributed by atoms with E-state index in [1.807, 2.05) is 0 Å². The third-order valence-electron chi connectivity index (χ3n) is 2.76. The largest absolute Gasteiger partial charge is 0.315 e. The maximum Gasteiger partial charge on any atom is 0.143 e. The molecule has 1 aliphatic heterocycles. The molecule has 2 heterocycles. The van der Waals surface area contributed by atoms with Gasteiger partial charge in [0.15, 0.2) is 0 Å². The summed E-state index contributed by atoms with van der Waals surface area (Å²) in [7, 11) is 0. The number of Topliss-reactive ketones (excluding diaryl/α,β-unsaturated/α-hetero) is 1. The molecule has 0 aromatic carbocycles. The van der Waals surface area contributed by atoms with E-state index < -0.39 is 0 Å². The van der Waals surface area contributed by atoms with Crippen LogP contribution in [0, 0.1) is 0 Å². The van der Waals surface area contributed by atoms with Crippen LogP contribution in [0.25, 0.3) is 0 Å². The van der Waals surface area contributed by atoms with Crippen LogP contribution in [-0.4, -0.2) is 18.9 Å². The number of hydrogen-bond acceptors (Lipinski definition) is 3. The van der Waals surface area contributed by atoms with E-state index in [4.69, 9.17) is 0 Å². The summed E-state index contributed by atoms with van der Waals surface area (Å²) in [5, 5.41) is 5.38. The Morgan fingerprint density at radius 3 is 3.21 bits per heavy atom. The molecule has 3 heteroatoms. The fourth-order valence-electron chi connectivity index (χ4n) is 1.93. The Hall–Kier alpha value is -0.670. The van der Waals surface area contributed by atoms with Crippen LogP contribution >= 0.6 is 11.3 Å². The molecule has 0 aliphatic carbocycles. The highest BCUT2D eigenvalue weighted by atomic mass is 32.1. The number of thiophene rings is 1. The molecule has 2 nitrogen and oxygen atoms in total. The van der Waals surface area contributed by atoms with Crippen molar-refractivity contribution in [2.75, 3.05) is 13.1 Å². The summed E-state index contributed by atoms with van der Waals surface area (Å²) in [6.07, 6.45) is 1.72. The second kappa shape index (κ2) is 4.24. The first kappa shape index (κ1) is 9.87. The van der Waals surface area contributed by atoms with Gasteiger partial charge in [0.05, 0.1) is 5.92 Å². The highest BCUT2D eigenvalue weighted by Crippen LogP contribution is 2.29. The zero-order valence-electron chi connectivity index (χ0n) is 8.38. The predicted octanol–water partition coefficient (Wildman–Crippen LogP) is 1.96. The molecule has 0 spiro atoms. The zero-order chi connectivity index (χ0) is 9.97. The Kier molecular flexibility index (Phi) is 2.99. The summed E-state index contributed by atoms with van der Waals surface area (Å²) >= 11 is 1.72. The number of ketones is 1. The van der Waals surface area contributed by atoms with Crippen molar-refractivity contribution in [3.8, 4) is 0 Å². The minimum Gasteiger partial charge on any atom is -0.315 e. The molecular weight excluding hydrogens is 194 g/mol. The molecule has 1 saturated heterocycles. The van der Waals surface area contributed by atoms with E-state index in [0.29, 0.717) is 12.2 Å². The van der Waals surface area contributed by atoms with Gasteiger partial charge >= 0.3 is 0 Å². The third-order valence-corrected chi connectivity index (χ3v) is 3.84. The van der Waals surface area contributed by atoms with Gasteiger partial charge in [-0.15, -0.1) is 11.3 Å². The molecule has 0 saturated carbocycles. The second-order valence-electron chi connectivity index (χ2n) is 3.64. The summed E-state index contributed by atoms with van der Waals surface area (Å²) in [5.74, 6) is 0.527. The first-order chi connectivity index (χ1) is 6.83. The van der Waals surface area contributed by atoms with E-state index in [1.165, 1.54) is 10.4 Å². The molecule has 2 rings (SSSR count). The summed E-state index contributed by atoms with van der Waals surface area (Å²) in [6, 6.07) is 2.14. The quantitative estimate of drug-likeness (QED) is 0.806. The van der Waals surface area contributed by atoms with Gasteiger partial charge in [0.25, 0.3) is 0 Å². The van der Waals surface area contributed by atoms with Crippen LogP contribution in [0.1, 0.15) is 29.7 Å². The average molecular weight is 209 g/mol. The van der Waals surface area contributed by atoms with Gasteiger partial charge in [0, 0.05) is 24.4 Å². The fourth-order valence-corrected chi connectivity index (χ4v) is 3.05. The van der Waals surface area contributed by atoms with Gasteiger partial charge < -0.3 is 5.32 Å². The highest BCUT2D eigenvalue weighted by molar-refractivity contribution is 7.10. The smallest absolute Gasteiger partial charge is 0.143 e. The maximum absolute atomic E-state index is 11.7. The lowest BCUT2D eigenvalue weighted by molar-refractivity contribution is -0.121. The Labute approximate surface area is 88.3 Å². The lowest BCUT2D eigenvalue weighted by Crippen LogP contribution is -2.35. The summed E-state index contributed by atoms with van der Waals surface area (Å²) in [6.45, 7) is 3.82. The van der Waals surface area contributed by atoms with Crippen molar-refractivity contribution >= 4 is 17.1 Å². The molecule has 0 amide bonds. The van der Waals surface area contributed by atoms with Crippen molar-refractivity contribution in [2.45, 2.75) is 25.7 Å². The minimum absolute atomic E-state index is 0.124. The minimum atomic E-state index is 0.124. The van der Waals surface area contributed by atoms with Crippen LogP contribution in [0.5, 0.6) is 0 Å². The van der Waals surface area contributed by atoms with Crippen LogP contribution in [0.2, 0.25) is 0 Å². The van der Waals surface area contributed by atoms with Gasteiger partial charge in [0.1, 0.15) is 5.78 Å². The molecule has 1 aromatic heterocycles. The number of aryl methyl sites for hydroxylation is 1. The standard InChI is InChI=1S/C11H15NOS/c1-2-8-4-6-14-11(8)9-7-12-5-3-10(9)13/h4,6,9,12H,2-3,5,7H2,1H3. The van der Waals surface area contributed by atoms with Crippen LogP contribution in [-0.2, 0) is 11.2 Å². The van der Waals surface area contributed by atoms with Crippen LogP contribution in [0.15, 0.2) is 11.4 Å². The van der Waals surface area contributed by atoms with Crippen molar-refractivity contribution in [2.24, 2.45) is 0 Å². The Bertz CT molecular complexity index is 332. The van der Waals surface area contributed by atoms with E-state index in [-0.39, 0.29) is 5.92 Å². The normalized spacial score (nSPS) is 22.6. The van der Waals surface area contributed by atoms with E-state index in [9.17, 15) is 4.79 Å². The molecule has 0 radical (unpaired) electrons. The fraction of sp³-hybridized carbons (Fsp3) is 0.545. The van der Waals surface area contributed by atoms with Gasteiger partial charge in [0.2, 0.25) is 0 Å². The lowest BCUT2D eigenvalue weighted by atomic mass is 9.93. The molecule has 1 aliphatic rings. The predicted molar refractivity (Wildman–Crippen MR) is 58.9 cm³/mol. The molecule has 0 bridgehead atoms. The van der Waals surface area contributed by atoms with Crippen molar-refractivity contribution in [1.82, 2.24) is 5.32 Å². The zero-order valence-corrected chi connectivity index (χ0v) is 9.19. The van der Waals surface area contributed by atoms with Crippen molar-refractivity contribution < 1.29 is 4.79 Å². The second-order valence-corrected chi connectivity index (χ2v) is 4.58. The van der Waals surface area contributed by atoms with Gasteiger partial charge in [-0.3, -0.25) is 4.79 Å². The molecule has 1 unspecified atom stereocenters. The summed E-state index contributed by atoms with van der Waals surface area (Å²) in [4.78, 5) is 13.0. The van der Waals surface area contributed by atoms with E-state index in [2.05, 4.69) is 23.7 Å². The van der Waals surface area contributed by atoms with E-state index in [1.54, 1.807) is 11.3 Å². The molecule has 1 aromatic rings. The number of carbonyl (C=O) groups excluding carboxylic acids is 1. The van der Waals surface area contributed by atoms with Crippen molar-refractivity contribution in [3.63, 3.8) is 0 Å². The first-order valence-corrected chi connectivity index (χ1v) is 6.00. The van der Waals surface area contributed by atoms with Gasteiger partial charge in [-0.25, -0.2) is 0 Å². The molecule has 1 atom stereocenters. The molecule has 76 valence electrons. The van der Waals surface area contributed by atoms with Gasteiger partial charge in [-0.05, 0) is 23.4 Å². The number of hydrogen-bond donors (Lipinski definition) is 1. The Morgan fingerprint density at radius 2 is 2.50 bits per heavy atom. The van der Waals surface area contributed by atoms with Gasteiger partial charge in [-0.2, -0.15) is 0 Å². The summed E-state index contributed by atoms with van der Waals surface area (Å²) in [5.41, 5.74) is 1.34. The van der Waals surface area contributed by atoms with Crippen LogP contribution in [0.3, 0.4) is 0 Å². The summed E-state index contributed by atoms with van der Waals surface area (Å²) < 4.78 is 0. The monoisotopic (exact) mass is 209 g/mol. The van der Waals surface area contributed by atoms with Crippen molar-refractivity contribution in [1.29, 1.82) is 0 Å². The topological polar surface area (TPSA) is 29.1 Å². The number of nitrogens with one attached hydrogen (secondary N) is 1. The molecule has 1 fully saturated rings. The van der Waals surface area contributed by atoms with E-state index >= 15 is 0 Å². The van der Waals surface area contributed by atoms with E-state index in [0.717, 1.165) is 19.5 Å². The molecular formula is C11H15NOS. The first-order valence-electron chi connectivity index (χ1n) is 5.12. The SMILES string of the molecule is CCc1ccsc1C1CNCCC1=O. The number of carbonyl (C=O) groups is 1. The third kappa shape index (κ3) is 1.74. The highest BCUT2D eigenvalue weighted by Gasteiger charge is 2.26. The number of piperidine rings is 1. The lowest BCUT2D eigenvalue weighted by Gasteiger charge is -2.21.